The summed E-state index contributed by atoms with van der Waals surface area (Å²) in [6.07, 6.45) is 5.57. The van der Waals surface area contributed by atoms with Crippen LogP contribution >= 0.6 is 0 Å². The fraction of sp³-hybridized carbons (Fsp3) is 0.600. The molecule has 1 aromatic rings. The van der Waals surface area contributed by atoms with Gasteiger partial charge < -0.3 is 10.2 Å². The van der Waals surface area contributed by atoms with E-state index in [2.05, 4.69) is 24.1 Å². The minimum Gasteiger partial charge on any atom is -0.334 e. The van der Waals surface area contributed by atoms with Gasteiger partial charge in [-0.3, -0.25) is 9.78 Å². The predicted molar refractivity (Wildman–Crippen MR) is 75.6 cm³/mol. The highest BCUT2D eigenvalue weighted by atomic mass is 16.2. The number of hydrogen-bond donors (Lipinski definition) is 1. The number of nitrogens with one attached hydrogen (secondary N) is 1. The van der Waals surface area contributed by atoms with Crippen molar-refractivity contribution in [2.45, 2.75) is 51.7 Å². The molecule has 2 heterocycles. The van der Waals surface area contributed by atoms with Crippen LogP contribution in [0, 0.1) is 0 Å². The first-order valence-corrected chi connectivity index (χ1v) is 6.98. The summed E-state index contributed by atoms with van der Waals surface area (Å²) in [5.41, 5.74) is 0.679. The second-order valence-electron chi connectivity index (χ2n) is 5.75. The van der Waals surface area contributed by atoms with Crippen LogP contribution in [0.2, 0.25) is 0 Å². The summed E-state index contributed by atoms with van der Waals surface area (Å²) in [4.78, 5) is 18.8. The van der Waals surface area contributed by atoms with Gasteiger partial charge in [0.15, 0.2) is 0 Å². The average molecular weight is 261 g/mol. The van der Waals surface area contributed by atoms with E-state index < -0.39 is 5.54 Å². The highest BCUT2D eigenvalue weighted by molar-refractivity contribution is 5.86. The summed E-state index contributed by atoms with van der Waals surface area (Å²) in [7, 11) is 0. The van der Waals surface area contributed by atoms with Crippen molar-refractivity contribution in [3.8, 4) is 0 Å². The van der Waals surface area contributed by atoms with Crippen molar-refractivity contribution in [2.75, 3.05) is 6.54 Å². The minimum absolute atomic E-state index is 0.187. The molecule has 0 radical (unpaired) electrons. The van der Waals surface area contributed by atoms with Gasteiger partial charge in [0, 0.05) is 25.0 Å². The Morgan fingerprint density at radius 3 is 2.89 bits per heavy atom. The molecule has 104 valence electrons. The zero-order valence-electron chi connectivity index (χ0n) is 12.0. The molecule has 19 heavy (non-hydrogen) atoms. The smallest absolute Gasteiger partial charge is 0.243 e. The monoisotopic (exact) mass is 261 g/mol. The first kappa shape index (κ1) is 14.0. The van der Waals surface area contributed by atoms with Crippen LogP contribution in [-0.2, 0) is 11.3 Å². The van der Waals surface area contributed by atoms with E-state index >= 15 is 0 Å². The standard InChI is InChI=1S/C15H23N3O/c1-12(2)18(11-13-6-4-8-16-10-13)14(19)15(3)7-5-9-17-15/h4,6,8,10,12,17H,5,7,9,11H2,1-3H3. The van der Waals surface area contributed by atoms with Gasteiger partial charge in [-0.1, -0.05) is 6.07 Å². The summed E-state index contributed by atoms with van der Waals surface area (Å²) < 4.78 is 0. The number of aromatic nitrogens is 1. The van der Waals surface area contributed by atoms with Gasteiger partial charge in [0.1, 0.15) is 0 Å². The van der Waals surface area contributed by atoms with E-state index in [-0.39, 0.29) is 11.9 Å². The highest BCUT2D eigenvalue weighted by Crippen LogP contribution is 2.23. The van der Waals surface area contributed by atoms with Crippen LogP contribution in [0.5, 0.6) is 0 Å². The number of hydrogen-bond acceptors (Lipinski definition) is 3. The summed E-state index contributed by atoms with van der Waals surface area (Å²) in [6, 6.07) is 4.11. The Kier molecular flexibility index (Phi) is 4.20. The van der Waals surface area contributed by atoms with Crippen molar-refractivity contribution in [3.05, 3.63) is 30.1 Å². The Morgan fingerprint density at radius 2 is 2.37 bits per heavy atom. The Morgan fingerprint density at radius 1 is 1.58 bits per heavy atom. The Labute approximate surface area is 115 Å². The lowest BCUT2D eigenvalue weighted by atomic mass is 9.97. The second-order valence-corrected chi connectivity index (χ2v) is 5.75. The topological polar surface area (TPSA) is 45.2 Å². The molecule has 1 aliphatic rings. The van der Waals surface area contributed by atoms with Gasteiger partial charge in [-0.15, -0.1) is 0 Å². The molecule has 0 aromatic carbocycles. The third-order valence-corrected chi connectivity index (χ3v) is 3.80. The number of nitrogens with zero attached hydrogens (tertiary/aromatic N) is 2. The van der Waals surface area contributed by atoms with Crippen LogP contribution < -0.4 is 5.32 Å². The van der Waals surface area contributed by atoms with Crippen molar-refractivity contribution < 1.29 is 4.79 Å². The lowest BCUT2D eigenvalue weighted by molar-refractivity contribution is -0.139. The molecule has 1 aliphatic heterocycles. The van der Waals surface area contributed by atoms with Gasteiger partial charge >= 0.3 is 0 Å². The lowest BCUT2D eigenvalue weighted by Crippen LogP contribution is -2.54. The van der Waals surface area contributed by atoms with Crippen LogP contribution in [0.1, 0.15) is 39.2 Å². The number of carbonyl (C=O) groups excluding carboxylic acids is 1. The average Bonchev–Trinajstić information content (AvgIpc) is 2.84. The van der Waals surface area contributed by atoms with Gasteiger partial charge in [-0.2, -0.15) is 0 Å². The molecule has 0 bridgehead atoms. The Balaban J connectivity index is 2.14. The third kappa shape index (κ3) is 3.13. The summed E-state index contributed by atoms with van der Waals surface area (Å²) in [5, 5.41) is 3.35. The fourth-order valence-corrected chi connectivity index (χ4v) is 2.57. The van der Waals surface area contributed by atoms with Crippen LogP contribution in [-0.4, -0.2) is 33.9 Å². The van der Waals surface area contributed by atoms with Crippen molar-refractivity contribution in [3.63, 3.8) is 0 Å². The molecule has 4 nitrogen and oxygen atoms in total. The molecule has 0 spiro atoms. The number of carbonyl (C=O) groups is 1. The first-order chi connectivity index (χ1) is 9.03. The van der Waals surface area contributed by atoms with Crippen molar-refractivity contribution in [2.24, 2.45) is 0 Å². The first-order valence-electron chi connectivity index (χ1n) is 6.98. The van der Waals surface area contributed by atoms with E-state index in [1.54, 1.807) is 6.20 Å². The van der Waals surface area contributed by atoms with E-state index in [0.717, 1.165) is 24.9 Å². The maximum atomic E-state index is 12.8. The Bertz CT molecular complexity index is 424. The van der Waals surface area contributed by atoms with Crippen molar-refractivity contribution >= 4 is 5.91 Å². The van der Waals surface area contributed by atoms with Gasteiger partial charge in [0.05, 0.1) is 5.54 Å². The molecular weight excluding hydrogens is 238 g/mol. The second kappa shape index (κ2) is 5.70. The molecule has 1 amide bonds. The van der Waals surface area contributed by atoms with E-state index in [0.29, 0.717) is 6.54 Å². The molecule has 1 unspecified atom stereocenters. The third-order valence-electron chi connectivity index (χ3n) is 3.80. The molecule has 0 saturated carbocycles. The van der Waals surface area contributed by atoms with E-state index in [1.165, 1.54) is 0 Å². The summed E-state index contributed by atoms with van der Waals surface area (Å²) in [5.74, 6) is 0.198. The maximum absolute atomic E-state index is 12.8. The molecule has 4 heteroatoms. The molecule has 1 aromatic heterocycles. The SMILES string of the molecule is CC(C)N(Cc1cccnc1)C(=O)C1(C)CCCN1. The van der Waals surface area contributed by atoms with Gasteiger partial charge in [0.25, 0.3) is 0 Å². The highest BCUT2D eigenvalue weighted by Gasteiger charge is 2.39. The molecule has 2 rings (SSSR count). The number of amides is 1. The lowest BCUT2D eigenvalue weighted by Gasteiger charge is -2.34. The number of rotatable bonds is 4. The van der Waals surface area contributed by atoms with Crippen LogP contribution in [0.15, 0.2) is 24.5 Å². The van der Waals surface area contributed by atoms with E-state index in [4.69, 9.17) is 0 Å². The Hall–Kier alpha value is -1.42. The quantitative estimate of drug-likeness (QED) is 0.901. The minimum atomic E-state index is -0.396. The normalized spacial score (nSPS) is 22.7. The van der Waals surface area contributed by atoms with Crippen LogP contribution in [0.3, 0.4) is 0 Å². The molecule has 1 fully saturated rings. The number of pyridine rings is 1. The zero-order chi connectivity index (χ0) is 13.9. The van der Waals surface area contributed by atoms with Crippen molar-refractivity contribution in [1.29, 1.82) is 0 Å². The fourth-order valence-electron chi connectivity index (χ4n) is 2.57. The predicted octanol–water partition coefficient (Wildman–Crippen LogP) is 1.96. The zero-order valence-corrected chi connectivity index (χ0v) is 12.0. The molecule has 0 aliphatic carbocycles. The van der Waals surface area contributed by atoms with Gasteiger partial charge in [-0.05, 0) is 51.8 Å². The molecule has 1 N–H and O–H groups in total. The van der Waals surface area contributed by atoms with Gasteiger partial charge in [0.2, 0.25) is 5.91 Å². The van der Waals surface area contributed by atoms with Crippen LogP contribution in [0.25, 0.3) is 0 Å². The molecule has 1 saturated heterocycles. The van der Waals surface area contributed by atoms with Crippen molar-refractivity contribution in [1.82, 2.24) is 15.2 Å². The van der Waals surface area contributed by atoms with Crippen LogP contribution in [0.4, 0.5) is 0 Å². The molecular formula is C15H23N3O. The largest absolute Gasteiger partial charge is 0.334 e. The van der Waals surface area contributed by atoms with E-state index in [9.17, 15) is 4.79 Å². The van der Waals surface area contributed by atoms with E-state index in [1.807, 2.05) is 30.2 Å². The van der Waals surface area contributed by atoms with Gasteiger partial charge in [-0.25, -0.2) is 0 Å². The molecule has 1 atom stereocenters. The summed E-state index contributed by atoms with van der Waals surface area (Å²) in [6.45, 7) is 7.70. The maximum Gasteiger partial charge on any atom is 0.243 e. The summed E-state index contributed by atoms with van der Waals surface area (Å²) >= 11 is 0.